The van der Waals surface area contributed by atoms with Crippen LogP contribution in [0.1, 0.15) is 46.1 Å². The van der Waals surface area contributed by atoms with Gasteiger partial charge >= 0.3 is 0 Å². The Balaban J connectivity index is 2.16. The highest BCUT2D eigenvalue weighted by molar-refractivity contribution is 6.10. The van der Waals surface area contributed by atoms with Crippen molar-refractivity contribution in [2.24, 2.45) is 16.7 Å². The Morgan fingerprint density at radius 2 is 1.79 bits per heavy atom. The lowest BCUT2D eigenvalue weighted by Gasteiger charge is -2.31. The highest BCUT2D eigenvalue weighted by atomic mass is 16.1. The molecule has 1 nitrogen and oxygen atoms in total. The van der Waals surface area contributed by atoms with Gasteiger partial charge in [0.25, 0.3) is 0 Å². The van der Waals surface area contributed by atoms with E-state index in [-0.39, 0.29) is 10.8 Å². The van der Waals surface area contributed by atoms with Crippen LogP contribution in [0.15, 0.2) is 35.9 Å². The molecule has 0 heterocycles. The van der Waals surface area contributed by atoms with Crippen LogP contribution in [-0.4, -0.2) is 5.78 Å². The number of benzene rings is 1. The van der Waals surface area contributed by atoms with Gasteiger partial charge in [-0.05, 0) is 42.2 Å². The quantitative estimate of drug-likeness (QED) is 0.675. The van der Waals surface area contributed by atoms with E-state index in [2.05, 4.69) is 39.8 Å². The molecule has 100 valence electrons. The standard InChI is InChI=1S/C18H22O/c1-12(13-8-6-5-7-9-13)15-14-10-11-18(4,16(15)19)17(14,2)3/h5-9,14H,10-11H2,1-4H3/b15-12+. The number of carbonyl (C=O) groups is 1. The summed E-state index contributed by atoms with van der Waals surface area (Å²) < 4.78 is 0. The smallest absolute Gasteiger partial charge is 0.165 e. The lowest BCUT2D eigenvalue weighted by atomic mass is 9.70. The van der Waals surface area contributed by atoms with E-state index in [0.717, 1.165) is 18.4 Å². The normalized spacial score (nSPS) is 34.7. The van der Waals surface area contributed by atoms with Crippen molar-refractivity contribution in [1.82, 2.24) is 0 Å². The minimum absolute atomic E-state index is 0.107. The maximum Gasteiger partial charge on any atom is 0.165 e. The number of hydrogen-bond donors (Lipinski definition) is 0. The van der Waals surface area contributed by atoms with Crippen LogP contribution in [0, 0.1) is 16.7 Å². The molecule has 0 aromatic heterocycles. The molecule has 0 spiro atoms. The van der Waals surface area contributed by atoms with Crippen molar-refractivity contribution in [2.45, 2.75) is 40.5 Å². The third-order valence-electron chi connectivity index (χ3n) is 5.93. The van der Waals surface area contributed by atoms with Crippen molar-refractivity contribution in [3.05, 3.63) is 41.5 Å². The van der Waals surface area contributed by atoms with Crippen molar-refractivity contribution in [3.8, 4) is 0 Å². The highest BCUT2D eigenvalue weighted by Gasteiger charge is 2.64. The number of ketones is 1. The summed E-state index contributed by atoms with van der Waals surface area (Å²) in [6.07, 6.45) is 2.21. The van der Waals surface area contributed by atoms with Gasteiger partial charge in [0, 0.05) is 11.0 Å². The zero-order valence-electron chi connectivity index (χ0n) is 12.3. The fourth-order valence-electron chi connectivity index (χ4n) is 4.14. The zero-order valence-corrected chi connectivity index (χ0v) is 12.3. The predicted molar refractivity (Wildman–Crippen MR) is 78.7 cm³/mol. The average molecular weight is 254 g/mol. The SMILES string of the molecule is C/C(=C1\C(=O)C2(C)CCC1C2(C)C)c1ccccc1. The van der Waals surface area contributed by atoms with Crippen molar-refractivity contribution >= 4 is 11.4 Å². The minimum atomic E-state index is -0.150. The van der Waals surface area contributed by atoms with Crippen LogP contribution < -0.4 is 0 Å². The Kier molecular flexibility index (Phi) is 2.54. The molecule has 2 bridgehead atoms. The van der Waals surface area contributed by atoms with Crippen LogP contribution in [0.2, 0.25) is 0 Å². The summed E-state index contributed by atoms with van der Waals surface area (Å²) in [5, 5.41) is 0. The number of fused-ring (bicyclic) bond motifs is 2. The van der Waals surface area contributed by atoms with E-state index in [4.69, 9.17) is 0 Å². The van der Waals surface area contributed by atoms with E-state index in [1.807, 2.05) is 18.2 Å². The van der Waals surface area contributed by atoms with E-state index in [9.17, 15) is 4.79 Å². The Morgan fingerprint density at radius 1 is 1.16 bits per heavy atom. The molecule has 0 saturated heterocycles. The van der Waals surface area contributed by atoms with E-state index >= 15 is 0 Å². The molecular formula is C18H22O. The fourth-order valence-corrected chi connectivity index (χ4v) is 4.14. The Labute approximate surface area is 115 Å². The molecular weight excluding hydrogens is 232 g/mol. The first-order valence-corrected chi connectivity index (χ1v) is 7.20. The van der Waals surface area contributed by atoms with Crippen LogP contribution >= 0.6 is 0 Å². The van der Waals surface area contributed by atoms with Gasteiger partial charge in [0.2, 0.25) is 0 Å². The maximum absolute atomic E-state index is 12.9. The van der Waals surface area contributed by atoms with Crippen LogP contribution in [0.3, 0.4) is 0 Å². The number of hydrogen-bond acceptors (Lipinski definition) is 1. The summed E-state index contributed by atoms with van der Waals surface area (Å²) >= 11 is 0. The Hall–Kier alpha value is -1.37. The van der Waals surface area contributed by atoms with Crippen molar-refractivity contribution in [3.63, 3.8) is 0 Å². The second-order valence-electron chi connectivity index (χ2n) is 6.88. The Morgan fingerprint density at radius 3 is 2.32 bits per heavy atom. The van der Waals surface area contributed by atoms with Gasteiger partial charge in [-0.2, -0.15) is 0 Å². The number of Topliss-reactive ketones (excluding diaryl/α,β-unsaturated/α-hetero) is 1. The van der Waals surface area contributed by atoms with Gasteiger partial charge in [-0.1, -0.05) is 51.1 Å². The van der Waals surface area contributed by atoms with Gasteiger partial charge in [0.15, 0.2) is 5.78 Å². The van der Waals surface area contributed by atoms with Crippen LogP contribution in [-0.2, 0) is 4.79 Å². The number of carbonyl (C=O) groups excluding carboxylic acids is 1. The molecule has 0 aliphatic heterocycles. The first-order valence-electron chi connectivity index (χ1n) is 7.20. The lowest BCUT2D eigenvalue weighted by molar-refractivity contribution is -0.125. The van der Waals surface area contributed by atoms with Crippen molar-refractivity contribution < 1.29 is 4.79 Å². The third kappa shape index (κ3) is 1.45. The average Bonchev–Trinajstić information content (AvgIpc) is 2.71. The molecule has 2 aliphatic carbocycles. The lowest BCUT2D eigenvalue weighted by Crippen LogP contribution is -2.32. The van der Waals surface area contributed by atoms with Gasteiger partial charge in [-0.3, -0.25) is 4.79 Å². The van der Waals surface area contributed by atoms with Gasteiger partial charge < -0.3 is 0 Å². The third-order valence-corrected chi connectivity index (χ3v) is 5.93. The van der Waals surface area contributed by atoms with Gasteiger partial charge in [-0.25, -0.2) is 0 Å². The summed E-state index contributed by atoms with van der Waals surface area (Å²) in [5.74, 6) is 0.834. The Bertz CT molecular complexity index is 565. The largest absolute Gasteiger partial charge is 0.294 e. The molecule has 2 saturated carbocycles. The summed E-state index contributed by atoms with van der Waals surface area (Å²) in [7, 11) is 0. The summed E-state index contributed by atoms with van der Waals surface area (Å²) in [5.41, 5.74) is 3.44. The molecule has 0 N–H and O–H groups in total. The first-order chi connectivity index (χ1) is 8.89. The van der Waals surface area contributed by atoms with Crippen molar-refractivity contribution in [1.29, 1.82) is 0 Å². The molecule has 3 rings (SSSR count). The second-order valence-corrected chi connectivity index (χ2v) is 6.88. The highest BCUT2D eigenvalue weighted by Crippen LogP contribution is 2.66. The summed E-state index contributed by atoms with van der Waals surface area (Å²) in [4.78, 5) is 12.9. The maximum atomic E-state index is 12.9. The van der Waals surface area contributed by atoms with Gasteiger partial charge in [0.1, 0.15) is 0 Å². The van der Waals surface area contributed by atoms with E-state index < -0.39 is 0 Å². The van der Waals surface area contributed by atoms with E-state index in [1.165, 1.54) is 11.1 Å². The number of allylic oxidation sites excluding steroid dienone is 2. The van der Waals surface area contributed by atoms with Gasteiger partial charge in [-0.15, -0.1) is 0 Å². The molecule has 2 fully saturated rings. The van der Waals surface area contributed by atoms with Crippen LogP contribution in [0.5, 0.6) is 0 Å². The molecule has 2 atom stereocenters. The molecule has 0 amide bonds. The zero-order chi connectivity index (χ0) is 13.8. The molecule has 1 heteroatoms. The molecule has 1 aromatic rings. The summed E-state index contributed by atoms with van der Waals surface area (Å²) in [6, 6.07) is 10.3. The first kappa shape index (κ1) is 12.7. The summed E-state index contributed by atoms with van der Waals surface area (Å²) in [6.45, 7) is 8.82. The van der Waals surface area contributed by atoms with E-state index in [0.29, 0.717) is 11.7 Å². The van der Waals surface area contributed by atoms with Crippen LogP contribution in [0.4, 0.5) is 0 Å². The van der Waals surface area contributed by atoms with Crippen LogP contribution in [0.25, 0.3) is 5.57 Å². The molecule has 2 aliphatic rings. The second kappa shape index (κ2) is 3.82. The molecule has 2 unspecified atom stereocenters. The minimum Gasteiger partial charge on any atom is -0.294 e. The van der Waals surface area contributed by atoms with E-state index in [1.54, 1.807) is 0 Å². The fraction of sp³-hybridized carbons (Fsp3) is 0.500. The topological polar surface area (TPSA) is 17.1 Å². The monoisotopic (exact) mass is 254 g/mol. The number of rotatable bonds is 1. The van der Waals surface area contributed by atoms with Gasteiger partial charge in [0.05, 0.1) is 0 Å². The predicted octanol–water partition coefficient (Wildman–Crippen LogP) is 4.49. The molecule has 1 aromatic carbocycles. The molecule has 0 radical (unpaired) electrons. The van der Waals surface area contributed by atoms with Crippen molar-refractivity contribution in [2.75, 3.05) is 0 Å². The molecule has 19 heavy (non-hydrogen) atoms.